The van der Waals surface area contributed by atoms with Gasteiger partial charge in [-0.1, -0.05) is 29.4 Å². The molecule has 0 radical (unpaired) electrons. The summed E-state index contributed by atoms with van der Waals surface area (Å²) < 4.78 is 3.05. The maximum Gasteiger partial charge on any atom is 0.289 e. The summed E-state index contributed by atoms with van der Waals surface area (Å²) in [7, 11) is 0. The van der Waals surface area contributed by atoms with Gasteiger partial charge in [0.15, 0.2) is 4.80 Å². The molecule has 1 aromatic carbocycles. The Labute approximate surface area is 136 Å². The molecule has 0 atom stereocenters. The van der Waals surface area contributed by atoms with E-state index in [1.54, 1.807) is 6.07 Å². The second-order valence-corrected chi connectivity index (χ2v) is 6.95. The molecule has 0 aliphatic heterocycles. The Balaban J connectivity index is 2.25. The van der Waals surface area contributed by atoms with Crippen LogP contribution in [0, 0.1) is 26.2 Å². The highest BCUT2D eigenvalue weighted by molar-refractivity contribution is 7.16. The maximum atomic E-state index is 12.2. The lowest BCUT2D eigenvalue weighted by Crippen LogP contribution is -2.16. The average molecular weight is 326 g/mol. The van der Waals surface area contributed by atoms with E-state index in [2.05, 4.69) is 36.9 Å². The number of hydrogen-bond acceptors (Lipinski definition) is 3. The van der Waals surface area contributed by atoms with Crippen molar-refractivity contribution in [2.75, 3.05) is 0 Å². The third-order valence-electron chi connectivity index (χ3n) is 3.29. The third-order valence-corrected chi connectivity index (χ3v) is 5.17. The summed E-state index contributed by atoms with van der Waals surface area (Å²) in [5.41, 5.74) is 3.40. The molecule has 3 nitrogen and oxygen atoms in total. The number of terminal acetylenes is 1. The van der Waals surface area contributed by atoms with Crippen molar-refractivity contribution in [3.05, 3.63) is 50.5 Å². The Bertz CT molecular complexity index is 953. The van der Waals surface area contributed by atoms with Gasteiger partial charge >= 0.3 is 0 Å². The van der Waals surface area contributed by atoms with Gasteiger partial charge in [-0.15, -0.1) is 17.8 Å². The van der Waals surface area contributed by atoms with Crippen LogP contribution >= 0.6 is 22.7 Å². The summed E-state index contributed by atoms with van der Waals surface area (Å²) in [6.45, 7) is 4.52. The van der Waals surface area contributed by atoms with Crippen LogP contribution in [0.4, 0.5) is 0 Å². The van der Waals surface area contributed by atoms with Crippen molar-refractivity contribution in [2.45, 2.75) is 20.4 Å². The van der Waals surface area contributed by atoms with Crippen molar-refractivity contribution in [1.29, 1.82) is 0 Å². The van der Waals surface area contributed by atoms with E-state index >= 15 is 0 Å². The van der Waals surface area contributed by atoms with Gasteiger partial charge in [-0.25, -0.2) is 0 Å². The zero-order valence-corrected chi connectivity index (χ0v) is 13.9. The molecule has 0 aliphatic rings. The Morgan fingerprint density at radius 3 is 2.91 bits per heavy atom. The summed E-state index contributed by atoms with van der Waals surface area (Å²) in [6, 6.07) is 7.85. The minimum absolute atomic E-state index is 0.221. The van der Waals surface area contributed by atoms with E-state index < -0.39 is 0 Å². The number of fused-ring (bicyclic) bond motifs is 1. The summed E-state index contributed by atoms with van der Waals surface area (Å²) >= 11 is 2.90. The second kappa shape index (κ2) is 5.91. The molecule has 0 N–H and O–H groups in total. The normalized spacial score (nSPS) is 11.8. The Morgan fingerprint density at radius 1 is 1.41 bits per heavy atom. The zero-order valence-electron chi connectivity index (χ0n) is 12.3. The lowest BCUT2D eigenvalue weighted by molar-refractivity contribution is 0.100. The van der Waals surface area contributed by atoms with Crippen LogP contribution in [0.3, 0.4) is 0 Å². The van der Waals surface area contributed by atoms with E-state index in [-0.39, 0.29) is 5.91 Å². The second-order valence-electron chi connectivity index (χ2n) is 5.00. The quantitative estimate of drug-likeness (QED) is 0.660. The summed E-state index contributed by atoms with van der Waals surface area (Å²) in [6.07, 6.45) is 5.49. The standard InChI is InChI=1S/C17H14N2OS2/c1-4-7-19-15-12(3)9-11(2)10-14(15)22-17(19)18-16(20)13-6-5-8-21-13/h1,5-6,8-10H,7H2,2-3H3. The van der Waals surface area contributed by atoms with Crippen LogP contribution < -0.4 is 4.80 Å². The van der Waals surface area contributed by atoms with E-state index in [4.69, 9.17) is 6.42 Å². The SMILES string of the molecule is C#CCn1c(=NC(=O)c2cccs2)sc2cc(C)cc(C)c21. The molecule has 0 fully saturated rings. The fourth-order valence-electron chi connectivity index (χ4n) is 2.46. The number of amides is 1. The van der Waals surface area contributed by atoms with E-state index in [0.29, 0.717) is 16.2 Å². The average Bonchev–Trinajstić information content (AvgIpc) is 3.08. The number of hydrogen-bond donors (Lipinski definition) is 0. The molecule has 110 valence electrons. The van der Waals surface area contributed by atoms with Gasteiger partial charge in [0, 0.05) is 0 Å². The van der Waals surface area contributed by atoms with E-state index in [0.717, 1.165) is 15.8 Å². The predicted octanol–water partition coefficient (Wildman–Crippen LogP) is 3.76. The summed E-state index contributed by atoms with van der Waals surface area (Å²) in [4.78, 5) is 17.8. The van der Waals surface area contributed by atoms with Crippen LogP contribution in [0.25, 0.3) is 10.2 Å². The van der Waals surface area contributed by atoms with Crippen LogP contribution in [0.2, 0.25) is 0 Å². The molecule has 0 unspecified atom stereocenters. The molecular formula is C17H14N2OS2. The van der Waals surface area contributed by atoms with Crippen molar-refractivity contribution >= 4 is 38.8 Å². The number of nitrogens with zero attached hydrogens (tertiary/aromatic N) is 2. The minimum atomic E-state index is -0.221. The Kier molecular flexibility index (Phi) is 3.97. The first-order valence-electron chi connectivity index (χ1n) is 6.77. The molecular weight excluding hydrogens is 312 g/mol. The Morgan fingerprint density at radius 2 is 2.23 bits per heavy atom. The van der Waals surface area contributed by atoms with Crippen molar-refractivity contribution in [2.24, 2.45) is 4.99 Å². The van der Waals surface area contributed by atoms with Crippen LogP contribution in [-0.4, -0.2) is 10.5 Å². The van der Waals surface area contributed by atoms with E-state index in [9.17, 15) is 4.79 Å². The van der Waals surface area contributed by atoms with Gasteiger partial charge in [0.25, 0.3) is 5.91 Å². The zero-order chi connectivity index (χ0) is 15.7. The van der Waals surface area contributed by atoms with Gasteiger partial charge in [0.2, 0.25) is 0 Å². The first kappa shape index (κ1) is 14.8. The highest BCUT2D eigenvalue weighted by Crippen LogP contribution is 2.23. The van der Waals surface area contributed by atoms with Crippen molar-refractivity contribution < 1.29 is 4.79 Å². The van der Waals surface area contributed by atoms with Crippen molar-refractivity contribution in [3.8, 4) is 12.3 Å². The fourth-order valence-corrected chi connectivity index (χ4v) is 4.27. The van der Waals surface area contributed by atoms with Crippen LogP contribution in [0.15, 0.2) is 34.6 Å². The van der Waals surface area contributed by atoms with Crippen LogP contribution in [-0.2, 0) is 6.54 Å². The lowest BCUT2D eigenvalue weighted by atomic mass is 10.1. The number of carbonyl (C=O) groups excluding carboxylic acids is 1. The Hall–Kier alpha value is -2.16. The monoisotopic (exact) mass is 326 g/mol. The molecule has 0 spiro atoms. The van der Waals surface area contributed by atoms with Gasteiger partial charge in [0.1, 0.15) is 0 Å². The molecule has 3 aromatic rings. The van der Waals surface area contributed by atoms with Gasteiger partial charge in [-0.05, 0) is 42.5 Å². The van der Waals surface area contributed by atoms with Gasteiger partial charge < -0.3 is 4.57 Å². The first-order chi connectivity index (χ1) is 10.6. The topological polar surface area (TPSA) is 34.4 Å². The number of rotatable bonds is 2. The smallest absolute Gasteiger partial charge is 0.289 e. The number of aryl methyl sites for hydroxylation is 2. The number of benzene rings is 1. The summed E-state index contributed by atoms with van der Waals surface area (Å²) in [5.74, 6) is 2.43. The van der Waals surface area contributed by atoms with Crippen LogP contribution in [0.1, 0.15) is 20.8 Å². The lowest BCUT2D eigenvalue weighted by Gasteiger charge is -2.04. The molecule has 3 rings (SSSR count). The summed E-state index contributed by atoms with van der Waals surface area (Å²) in [5, 5.41) is 1.87. The van der Waals surface area contributed by atoms with Crippen LogP contribution in [0.5, 0.6) is 0 Å². The van der Waals surface area contributed by atoms with Crippen molar-refractivity contribution in [1.82, 2.24) is 4.57 Å². The number of aromatic nitrogens is 1. The molecule has 0 aliphatic carbocycles. The number of carbonyl (C=O) groups is 1. The van der Waals surface area contributed by atoms with Gasteiger partial charge in [-0.2, -0.15) is 4.99 Å². The van der Waals surface area contributed by atoms with Gasteiger partial charge in [0.05, 0.1) is 21.6 Å². The van der Waals surface area contributed by atoms with Crippen molar-refractivity contribution in [3.63, 3.8) is 0 Å². The molecule has 0 saturated heterocycles. The largest absolute Gasteiger partial charge is 0.304 e. The maximum absolute atomic E-state index is 12.2. The minimum Gasteiger partial charge on any atom is -0.304 e. The molecule has 1 amide bonds. The number of thiophene rings is 1. The van der Waals surface area contributed by atoms with E-state index in [1.165, 1.54) is 28.2 Å². The predicted molar refractivity (Wildman–Crippen MR) is 92.3 cm³/mol. The third kappa shape index (κ3) is 2.63. The highest BCUT2D eigenvalue weighted by atomic mass is 32.1. The molecule has 2 heterocycles. The first-order valence-corrected chi connectivity index (χ1v) is 8.46. The molecule has 2 aromatic heterocycles. The van der Waals surface area contributed by atoms with E-state index in [1.807, 2.05) is 16.0 Å². The molecule has 0 bridgehead atoms. The highest BCUT2D eigenvalue weighted by Gasteiger charge is 2.11. The fraction of sp³-hybridized carbons (Fsp3) is 0.176. The number of thiazole rings is 1. The molecule has 5 heteroatoms. The molecule has 0 saturated carbocycles. The molecule has 22 heavy (non-hydrogen) atoms. The van der Waals surface area contributed by atoms with Gasteiger partial charge in [-0.3, -0.25) is 4.79 Å².